The zero-order valence-electron chi connectivity index (χ0n) is 11.6. The molecule has 5 unspecified atom stereocenters. The molecule has 98 valence electrons. The molecule has 2 aliphatic carbocycles. The second-order valence-corrected chi connectivity index (χ2v) is 7.73. The molecule has 2 aliphatic heterocycles. The standard InChI is InChI=1S/C15H26O2/c1-13(2)6-5-7-14(3)11(9-16)15(4)8-10(17-15)12(13)14/h10-12,16H,5-9H2,1-4H3. The Bertz CT molecular complexity index is 330. The van der Waals surface area contributed by atoms with Crippen molar-refractivity contribution in [1.29, 1.82) is 0 Å². The van der Waals surface area contributed by atoms with Gasteiger partial charge in [0.15, 0.2) is 0 Å². The van der Waals surface area contributed by atoms with E-state index in [9.17, 15) is 5.11 Å². The van der Waals surface area contributed by atoms with E-state index < -0.39 is 0 Å². The van der Waals surface area contributed by atoms with Crippen LogP contribution in [0.1, 0.15) is 53.4 Å². The van der Waals surface area contributed by atoms with Crippen molar-refractivity contribution in [2.24, 2.45) is 22.7 Å². The number of aliphatic hydroxyl groups is 1. The third-order valence-electron chi connectivity index (χ3n) is 6.20. The Kier molecular flexibility index (Phi) is 2.30. The third-order valence-corrected chi connectivity index (χ3v) is 6.20. The molecular weight excluding hydrogens is 212 g/mol. The molecule has 2 saturated carbocycles. The molecule has 1 N–H and O–H groups in total. The summed E-state index contributed by atoms with van der Waals surface area (Å²) in [7, 11) is 0. The average Bonchev–Trinajstić information content (AvgIpc) is 2.13. The van der Waals surface area contributed by atoms with Crippen molar-refractivity contribution < 1.29 is 9.84 Å². The first-order chi connectivity index (χ1) is 7.83. The molecule has 4 rings (SSSR count). The summed E-state index contributed by atoms with van der Waals surface area (Å²) >= 11 is 0. The van der Waals surface area contributed by atoms with Crippen LogP contribution in [-0.2, 0) is 4.74 Å². The fraction of sp³-hybridized carbons (Fsp3) is 1.00. The lowest BCUT2D eigenvalue weighted by Crippen LogP contribution is -2.72. The summed E-state index contributed by atoms with van der Waals surface area (Å²) < 4.78 is 6.18. The highest BCUT2D eigenvalue weighted by Crippen LogP contribution is 2.67. The lowest BCUT2D eigenvalue weighted by Gasteiger charge is -2.70. The molecule has 2 saturated heterocycles. The summed E-state index contributed by atoms with van der Waals surface area (Å²) in [4.78, 5) is 0. The van der Waals surface area contributed by atoms with E-state index in [4.69, 9.17) is 4.74 Å². The van der Waals surface area contributed by atoms with Gasteiger partial charge in [-0.05, 0) is 36.5 Å². The zero-order valence-corrected chi connectivity index (χ0v) is 11.6. The van der Waals surface area contributed by atoms with Crippen LogP contribution in [0, 0.1) is 22.7 Å². The number of ether oxygens (including phenoxy) is 1. The van der Waals surface area contributed by atoms with Crippen LogP contribution in [0.25, 0.3) is 0 Å². The second-order valence-electron chi connectivity index (χ2n) is 7.73. The second kappa shape index (κ2) is 3.27. The van der Waals surface area contributed by atoms with Crippen LogP contribution in [0.5, 0.6) is 0 Å². The van der Waals surface area contributed by atoms with E-state index in [2.05, 4.69) is 27.7 Å². The molecule has 0 amide bonds. The van der Waals surface area contributed by atoms with Gasteiger partial charge in [0, 0.05) is 18.9 Å². The van der Waals surface area contributed by atoms with Gasteiger partial charge in [-0.2, -0.15) is 0 Å². The first-order valence-electron chi connectivity index (χ1n) is 7.12. The van der Waals surface area contributed by atoms with E-state index in [1.165, 1.54) is 19.3 Å². The van der Waals surface area contributed by atoms with Crippen LogP contribution in [0.2, 0.25) is 0 Å². The van der Waals surface area contributed by atoms with Crippen LogP contribution in [0.3, 0.4) is 0 Å². The molecule has 2 bridgehead atoms. The molecule has 0 spiro atoms. The van der Waals surface area contributed by atoms with Crippen LogP contribution < -0.4 is 0 Å². The smallest absolute Gasteiger partial charge is 0.0738 e. The molecule has 2 heterocycles. The van der Waals surface area contributed by atoms with Crippen molar-refractivity contribution in [2.45, 2.75) is 65.1 Å². The number of aliphatic hydroxyl groups excluding tert-OH is 1. The largest absolute Gasteiger partial charge is 0.396 e. The van der Waals surface area contributed by atoms with Crippen molar-refractivity contribution in [3.05, 3.63) is 0 Å². The minimum atomic E-state index is -0.0436. The number of hydrogen-bond donors (Lipinski definition) is 1. The molecule has 5 atom stereocenters. The summed E-state index contributed by atoms with van der Waals surface area (Å²) in [6, 6.07) is 0. The van der Waals surface area contributed by atoms with Crippen LogP contribution >= 0.6 is 0 Å². The Labute approximate surface area is 105 Å². The molecule has 17 heavy (non-hydrogen) atoms. The van der Waals surface area contributed by atoms with Crippen molar-refractivity contribution in [3.63, 3.8) is 0 Å². The molecule has 0 aromatic carbocycles. The van der Waals surface area contributed by atoms with Crippen LogP contribution in [0.4, 0.5) is 0 Å². The number of rotatable bonds is 1. The Morgan fingerprint density at radius 1 is 1.18 bits per heavy atom. The maximum Gasteiger partial charge on any atom is 0.0738 e. The number of hydrogen-bond acceptors (Lipinski definition) is 2. The first kappa shape index (κ1) is 12.0. The molecule has 4 fully saturated rings. The van der Waals surface area contributed by atoms with Gasteiger partial charge in [0.25, 0.3) is 0 Å². The Balaban J connectivity index is 2.02. The minimum Gasteiger partial charge on any atom is -0.396 e. The highest BCUT2D eigenvalue weighted by atomic mass is 16.5. The summed E-state index contributed by atoms with van der Waals surface area (Å²) in [5, 5.41) is 9.85. The molecule has 0 aromatic rings. The Morgan fingerprint density at radius 3 is 2.41 bits per heavy atom. The topological polar surface area (TPSA) is 29.5 Å². The monoisotopic (exact) mass is 238 g/mol. The average molecular weight is 238 g/mol. The Morgan fingerprint density at radius 2 is 1.82 bits per heavy atom. The fourth-order valence-electron chi connectivity index (χ4n) is 5.69. The van der Waals surface area contributed by atoms with E-state index in [0.717, 1.165) is 6.42 Å². The fourth-order valence-corrected chi connectivity index (χ4v) is 5.69. The van der Waals surface area contributed by atoms with Crippen molar-refractivity contribution >= 4 is 0 Å². The highest BCUT2D eigenvalue weighted by Gasteiger charge is 2.68. The van der Waals surface area contributed by atoms with Crippen LogP contribution in [0.15, 0.2) is 0 Å². The maximum absolute atomic E-state index is 9.85. The molecule has 0 aromatic heterocycles. The molecule has 4 aliphatic rings. The van der Waals surface area contributed by atoms with Gasteiger partial charge < -0.3 is 9.84 Å². The van der Waals surface area contributed by atoms with Gasteiger partial charge in [0.2, 0.25) is 0 Å². The highest BCUT2D eigenvalue weighted by molar-refractivity contribution is 5.16. The van der Waals surface area contributed by atoms with E-state index in [1.807, 2.05) is 0 Å². The zero-order chi connectivity index (χ0) is 12.5. The lowest BCUT2D eigenvalue weighted by atomic mass is 9.43. The molecule has 0 radical (unpaired) electrons. The quantitative estimate of drug-likeness (QED) is 0.761. The predicted octanol–water partition coefficient (Wildman–Crippen LogP) is 2.99. The van der Waals surface area contributed by atoms with E-state index >= 15 is 0 Å². The summed E-state index contributed by atoms with van der Waals surface area (Å²) in [6.45, 7) is 9.69. The van der Waals surface area contributed by atoms with Gasteiger partial charge in [-0.15, -0.1) is 0 Å². The molecular formula is C15H26O2. The van der Waals surface area contributed by atoms with Crippen molar-refractivity contribution in [1.82, 2.24) is 0 Å². The summed E-state index contributed by atoms with van der Waals surface area (Å²) in [5.41, 5.74) is 0.608. The van der Waals surface area contributed by atoms with Crippen LogP contribution in [-0.4, -0.2) is 23.4 Å². The molecule has 2 heteroatoms. The van der Waals surface area contributed by atoms with Gasteiger partial charge in [-0.25, -0.2) is 0 Å². The summed E-state index contributed by atoms with van der Waals surface area (Å²) in [5.74, 6) is 0.951. The first-order valence-corrected chi connectivity index (χ1v) is 7.12. The van der Waals surface area contributed by atoms with Gasteiger partial charge >= 0.3 is 0 Å². The SMILES string of the molecule is CC1(C)CCCC2(C)C1C1CC(C)(O1)C2CO. The van der Waals surface area contributed by atoms with Crippen molar-refractivity contribution in [3.8, 4) is 0 Å². The minimum absolute atomic E-state index is 0.0436. The van der Waals surface area contributed by atoms with Gasteiger partial charge in [0.05, 0.1) is 11.7 Å². The predicted molar refractivity (Wildman–Crippen MR) is 67.7 cm³/mol. The normalized spacial score (nSPS) is 55.9. The third kappa shape index (κ3) is 1.34. The van der Waals surface area contributed by atoms with Crippen molar-refractivity contribution in [2.75, 3.05) is 6.61 Å². The van der Waals surface area contributed by atoms with Gasteiger partial charge in [-0.3, -0.25) is 0 Å². The van der Waals surface area contributed by atoms with E-state index in [1.54, 1.807) is 0 Å². The van der Waals surface area contributed by atoms with E-state index in [0.29, 0.717) is 23.4 Å². The van der Waals surface area contributed by atoms with E-state index in [-0.39, 0.29) is 17.6 Å². The summed E-state index contributed by atoms with van der Waals surface area (Å²) in [6.07, 6.45) is 5.48. The maximum atomic E-state index is 9.85. The lowest BCUT2D eigenvalue weighted by molar-refractivity contribution is -0.350. The Hall–Kier alpha value is -0.0800. The van der Waals surface area contributed by atoms with Gasteiger partial charge in [0.1, 0.15) is 0 Å². The van der Waals surface area contributed by atoms with Gasteiger partial charge in [-0.1, -0.05) is 27.2 Å². The molecule has 2 nitrogen and oxygen atoms in total.